The van der Waals surface area contributed by atoms with Crippen LogP contribution >= 0.6 is 69.6 Å². The van der Waals surface area contributed by atoms with Crippen molar-refractivity contribution in [2.75, 3.05) is 5.32 Å². The summed E-state index contributed by atoms with van der Waals surface area (Å²) in [5.41, 5.74) is 1.94. The van der Waals surface area contributed by atoms with Crippen molar-refractivity contribution in [3.63, 3.8) is 0 Å². The highest BCUT2D eigenvalue weighted by Gasteiger charge is 2.21. The number of carbonyl (C=O) groups excluding carboxylic acids is 1. The van der Waals surface area contributed by atoms with Gasteiger partial charge in [-0.2, -0.15) is 0 Å². The van der Waals surface area contributed by atoms with Crippen LogP contribution in [0.3, 0.4) is 0 Å². The van der Waals surface area contributed by atoms with E-state index in [9.17, 15) is 4.79 Å². The first-order valence-electron chi connectivity index (χ1n) is 10.7. The third-order valence-corrected chi connectivity index (χ3v) is 7.05. The number of hydrogen-bond donors (Lipinski definition) is 1. The lowest BCUT2D eigenvalue weighted by molar-refractivity contribution is -0.705. The van der Waals surface area contributed by atoms with Crippen molar-refractivity contribution in [2.45, 2.75) is 19.3 Å². The van der Waals surface area contributed by atoms with E-state index in [1.54, 1.807) is 71.8 Å². The fourth-order valence-corrected chi connectivity index (χ4v) is 4.66. The maximum atomic E-state index is 12.3. The summed E-state index contributed by atoms with van der Waals surface area (Å²) in [6.07, 6.45) is 3.69. The number of ether oxygens (including phenoxy) is 1. The zero-order chi connectivity index (χ0) is 26.5. The molecule has 1 aromatic heterocycles. The first-order chi connectivity index (χ1) is 17.7. The molecular formula is C25H18Cl6N3O3+. The molecule has 1 atom stereocenters. The Kier molecular flexibility index (Phi) is 9.48. The number of aromatic nitrogens is 2. The van der Waals surface area contributed by atoms with E-state index in [2.05, 4.69) is 5.32 Å². The highest BCUT2D eigenvalue weighted by Crippen LogP contribution is 2.31. The van der Waals surface area contributed by atoms with Gasteiger partial charge in [0, 0.05) is 31.3 Å². The van der Waals surface area contributed by atoms with Crippen LogP contribution in [0.15, 0.2) is 73.3 Å². The van der Waals surface area contributed by atoms with Gasteiger partial charge in [0.05, 0.1) is 16.7 Å². The van der Waals surface area contributed by atoms with Crippen LogP contribution in [0.1, 0.15) is 17.2 Å². The summed E-state index contributed by atoms with van der Waals surface area (Å²) in [4.78, 5) is 17.6. The Bertz CT molecular complexity index is 1430. The summed E-state index contributed by atoms with van der Waals surface area (Å²) in [6.45, 7) is 0.556. The van der Waals surface area contributed by atoms with E-state index < -0.39 is 12.2 Å². The molecular weight excluding hydrogens is 603 g/mol. The van der Waals surface area contributed by atoms with Crippen LogP contribution in [0.25, 0.3) is 0 Å². The predicted octanol–water partition coefficient (Wildman–Crippen LogP) is 8.31. The normalized spacial score (nSPS) is 11.8. The summed E-state index contributed by atoms with van der Waals surface area (Å²) >= 11 is 36.8. The summed E-state index contributed by atoms with van der Waals surface area (Å²) in [7, 11) is 0. The maximum Gasteiger partial charge on any atom is 0.457 e. The van der Waals surface area contributed by atoms with Crippen molar-refractivity contribution in [1.29, 1.82) is 0 Å². The number of nitrogens with zero attached hydrogens (tertiary/aromatic N) is 2. The van der Waals surface area contributed by atoms with E-state index in [0.717, 1.165) is 11.1 Å². The fraction of sp³-hybridized carbons (Fsp3) is 0.120. The van der Waals surface area contributed by atoms with Crippen molar-refractivity contribution in [3.05, 3.63) is 115 Å². The molecule has 0 bridgehead atoms. The van der Waals surface area contributed by atoms with Gasteiger partial charge in [0.1, 0.15) is 18.8 Å². The molecule has 3 aromatic carbocycles. The minimum atomic E-state index is -0.716. The van der Waals surface area contributed by atoms with Crippen molar-refractivity contribution < 1.29 is 18.9 Å². The number of halogens is 6. The molecule has 4 rings (SSSR count). The standard InChI is InChI=1S/C25H17Cl6N3O3/c26-16-2-1-15(21(29)9-16)13-36-24(19-5-3-17(27)10-22(19)30)12-33-7-8-34(14-33)37-25(35)32-18-4-6-20(28)23(31)11-18/h1-11,14,24H,12-13H2/p+1. The Balaban J connectivity index is 1.46. The molecule has 192 valence electrons. The van der Waals surface area contributed by atoms with E-state index in [4.69, 9.17) is 79.2 Å². The van der Waals surface area contributed by atoms with Crippen LogP contribution < -0.4 is 14.7 Å². The number of benzene rings is 3. The number of hydrogen-bond acceptors (Lipinski definition) is 3. The lowest BCUT2D eigenvalue weighted by Gasteiger charge is -2.19. The Labute approximate surface area is 243 Å². The molecule has 0 fully saturated rings. The van der Waals surface area contributed by atoms with E-state index in [-0.39, 0.29) is 6.61 Å². The van der Waals surface area contributed by atoms with Crippen molar-refractivity contribution >= 4 is 81.4 Å². The van der Waals surface area contributed by atoms with Gasteiger partial charge in [-0.3, -0.25) is 5.32 Å². The third-order valence-electron chi connectivity index (χ3n) is 5.16. The Morgan fingerprint density at radius 1 is 0.865 bits per heavy atom. The van der Waals surface area contributed by atoms with E-state index >= 15 is 0 Å². The summed E-state index contributed by atoms with van der Waals surface area (Å²) in [6, 6.07) is 15.1. The molecule has 0 saturated heterocycles. The van der Waals surface area contributed by atoms with Crippen LogP contribution in [-0.2, 0) is 17.9 Å². The first-order valence-corrected chi connectivity index (χ1v) is 13.0. The average Bonchev–Trinajstić information content (AvgIpc) is 3.26. The van der Waals surface area contributed by atoms with Gasteiger partial charge in [-0.15, -0.1) is 0 Å². The van der Waals surface area contributed by atoms with Gasteiger partial charge in [0.2, 0.25) is 0 Å². The Hall–Kier alpha value is -2.16. The molecule has 4 aromatic rings. The molecule has 0 spiro atoms. The SMILES string of the molecule is O=C(Nc1ccc(Cl)c(Cl)c1)On1cc[n+](CC(OCc2ccc(Cl)cc2Cl)c2ccc(Cl)cc2Cl)c1. The molecule has 6 nitrogen and oxygen atoms in total. The van der Waals surface area contributed by atoms with Gasteiger partial charge in [-0.05, 0) is 52.8 Å². The second-order valence-electron chi connectivity index (χ2n) is 7.80. The van der Waals surface area contributed by atoms with Gasteiger partial charge < -0.3 is 4.74 Å². The van der Waals surface area contributed by atoms with Gasteiger partial charge >= 0.3 is 6.09 Å². The second kappa shape index (κ2) is 12.6. The van der Waals surface area contributed by atoms with Gasteiger partial charge in [0.25, 0.3) is 6.33 Å². The monoisotopic (exact) mass is 618 g/mol. The Morgan fingerprint density at radius 3 is 2.30 bits per heavy atom. The van der Waals surface area contributed by atoms with Gasteiger partial charge in [-0.1, -0.05) is 81.7 Å². The molecule has 1 unspecified atom stereocenters. The molecule has 0 aliphatic heterocycles. The minimum absolute atomic E-state index is 0.212. The minimum Gasteiger partial charge on any atom is -0.365 e. The lowest BCUT2D eigenvalue weighted by Crippen LogP contribution is -2.36. The molecule has 12 heteroatoms. The highest BCUT2D eigenvalue weighted by atomic mass is 35.5. The smallest absolute Gasteiger partial charge is 0.365 e. The number of carbonyl (C=O) groups is 1. The summed E-state index contributed by atoms with van der Waals surface area (Å²) in [5, 5.41) is 5.26. The highest BCUT2D eigenvalue weighted by molar-refractivity contribution is 6.42. The molecule has 0 aliphatic rings. The lowest BCUT2D eigenvalue weighted by atomic mass is 10.1. The van der Waals surface area contributed by atoms with Crippen LogP contribution in [0.4, 0.5) is 10.5 Å². The zero-order valence-electron chi connectivity index (χ0n) is 18.8. The first kappa shape index (κ1) is 27.9. The molecule has 1 heterocycles. The zero-order valence-corrected chi connectivity index (χ0v) is 23.3. The maximum absolute atomic E-state index is 12.3. The molecule has 0 radical (unpaired) electrons. The molecule has 0 aliphatic carbocycles. The number of anilines is 1. The van der Waals surface area contributed by atoms with E-state index in [1.807, 2.05) is 0 Å². The summed E-state index contributed by atoms with van der Waals surface area (Å²) in [5.74, 6) is 0. The van der Waals surface area contributed by atoms with Crippen LogP contribution in [0, 0.1) is 0 Å². The summed E-state index contributed by atoms with van der Waals surface area (Å²) < 4.78 is 9.26. The molecule has 37 heavy (non-hydrogen) atoms. The average molecular weight is 621 g/mol. The number of imidazole rings is 1. The third kappa shape index (κ3) is 7.68. The van der Waals surface area contributed by atoms with Crippen LogP contribution in [0.5, 0.6) is 0 Å². The molecule has 1 N–H and O–H groups in total. The fourth-order valence-electron chi connectivity index (χ4n) is 3.37. The van der Waals surface area contributed by atoms with Gasteiger partial charge in [-0.25, -0.2) is 14.2 Å². The number of nitrogens with one attached hydrogen (secondary N) is 1. The van der Waals surface area contributed by atoms with E-state index in [0.29, 0.717) is 42.4 Å². The molecule has 1 amide bonds. The quantitative estimate of drug-likeness (QED) is 0.202. The predicted molar refractivity (Wildman–Crippen MR) is 147 cm³/mol. The van der Waals surface area contributed by atoms with Crippen molar-refractivity contribution in [1.82, 2.24) is 4.73 Å². The second-order valence-corrected chi connectivity index (χ2v) is 10.3. The topological polar surface area (TPSA) is 56.4 Å². The number of amides is 1. The van der Waals surface area contributed by atoms with Crippen LogP contribution in [-0.4, -0.2) is 10.8 Å². The van der Waals surface area contributed by atoms with Crippen molar-refractivity contribution in [2.24, 2.45) is 0 Å². The van der Waals surface area contributed by atoms with Gasteiger partial charge in [0.15, 0.2) is 6.20 Å². The van der Waals surface area contributed by atoms with Crippen LogP contribution in [0.2, 0.25) is 30.1 Å². The largest absolute Gasteiger partial charge is 0.457 e. The van der Waals surface area contributed by atoms with Crippen molar-refractivity contribution in [3.8, 4) is 0 Å². The van der Waals surface area contributed by atoms with E-state index in [1.165, 1.54) is 10.8 Å². The Morgan fingerprint density at radius 2 is 1.59 bits per heavy atom. The molecule has 0 saturated carbocycles. The number of rotatable bonds is 8.